The summed E-state index contributed by atoms with van der Waals surface area (Å²) in [5.41, 5.74) is 1.73. The fourth-order valence-electron chi connectivity index (χ4n) is 7.13. The van der Waals surface area contributed by atoms with E-state index in [2.05, 4.69) is 24.8 Å². The third-order valence-electron chi connectivity index (χ3n) is 8.17. The summed E-state index contributed by atoms with van der Waals surface area (Å²) >= 11 is 0. The van der Waals surface area contributed by atoms with Crippen LogP contribution in [0.25, 0.3) is 0 Å². The normalized spacial score (nSPS) is 42.7. The average Bonchev–Trinajstić information content (AvgIpc) is 2.59. The molecule has 4 bridgehead atoms. The number of benzene rings is 1. The Hall–Kier alpha value is -1.46. The molecule has 2 N–H and O–H groups in total. The maximum atomic E-state index is 11.1. The topological polar surface area (TPSA) is 62.2 Å². The van der Waals surface area contributed by atoms with Gasteiger partial charge in [0.05, 0.1) is 18.3 Å². The number of ether oxygens (including phenoxy) is 2. The molecule has 1 aliphatic carbocycles. The van der Waals surface area contributed by atoms with Crippen LogP contribution in [0.15, 0.2) is 12.1 Å². The first kappa shape index (κ1) is 17.4. The highest BCUT2D eigenvalue weighted by molar-refractivity contribution is 5.63. The lowest BCUT2D eigenvalue weighted by molar-refractivity contribution is -0.120. The monoisotopic (exact) mass is 385 g/mol. The average molecular weight is 386 g/mol. The molecule has 0 aromatic heterocycles. The summed E-state index contributed by atoms with van der Waals surface area (Å²) in [7, 11) is 0. The lowest BCUT2D eigenvalue weighted by atomic mass is 9.66. The number of rotatable bonds is 1. The molecule has 5 heterocycles. The van der Waals surface area contributed by atoms with Crippen LogP contribution < -0.4 is 9.64 Å². The Morgan fingerprint density at radius 2 is 1.68 bits per heavy atom. The number of nitrogens with zero attached hydrogens (tertiary/aromatic N) is 1. The summed E-state index contributed by atoms with van der Waals surface area (Å²) in [6.45, 7) is 4.32. The maximum absolute atomic E-state index is 11.1. The van der Waals surface area contributed by atoms with Crippen molar-refractivity contribution in [3.63, 3.8) is 0 Å². The third kappa shape index (κ3) is 2.45. The van der Waals surface area contributed by atoms with E-state index in [0.717, 1.165) is 55.5 Å². The van der Waals surface area contributed by atoms with Gasteiger partial charge in [0, 0.05) is 47.3 Å². The Bertz CT molecular complexity index is 778. The van der Waals surface area contributed by atoms with E-state index in [-0.39, 0.29) is 17.6 Å². The summed E-state index contributed by atoms with van der Waals surface area (Å²) < 4.78 is 12.6. The minimum absolute atomic E-state index is 0.165. The van der Waals surface area contributed by atoms with Crippen molar-refractivity contribution in [2.24, 2.45) is 5.92 Å². The fourth-order valence-corrected chi connectivity index (χ4v) is 7.13. The van der Waals surface area contributed by atoms with Gasteiger partial charge in [0.15, 0.2) is 0 Å². The zero-order valence-electron chi connectivity index (χ0n) is 16.8. The second-order valence-electron chi connectivity index (χ2n) is 10.3. The Balaban J connectivity index is 1.41. The van der Waals surface area contributed by atoms with Gasteiger partial charge in [-0.3, -0.25) is 0 Å². The number of anilines is 1. The zero-order chi connectivity index (χ0) is 19.2. The molecule has 1 aromatic rings. The summed E-state index contributed by atoms with van der Waals surface area (Å²) in [4.78, 5) is 2.54. The minimum Gasteiger partial charge on any atom is -0.507 e. The van der Waals surface area contributed by atoms with E-state index in [1.165, 1.54) is 0 Å². The molecule has 152 valence electrons. The molecule has 7 rings (SSSR count). The summed E-state index contributed by atoms with van der Waals surface area (Å²) in [6, 6.07) is 5.14. The Labute approximate surface area is 166 Å². The van der Waals surface area contributed by atoms with E-state index in [1.807, 2.05) is 6.07 Å². The van der Waals surface area contributed by atoms with Gasteiger partial charge < -0.3 is 24.6 Å². The summed E-state index contributed by atoms with van der Waals surface area (Å²) in [5.74, 6) is 1.66. The van der Waals surface area contributed by atoms with Crippen molar-refractivity contribution in [3.05, 3.63) is 17.7 Å². The van der Waals surface area contributed by atoms with E-state index in [9.17, 15) is 10.2 Å². The van der Waals surface area contributed by atoms with E-state index >= 15 is 0 Å². The van der Waals surface area contributed by atoms with Crippen LogP contribution in [-0.4, -0.2) is 46.2 Å². The summed E-state index contributed by atoms with van der Waals surface area (Å²) in [5, 5.41) is 21.4. The minimum atomic E-state index is -0.282. The number of hydrogen-bond donors (Lipinski definition) is 2. The highest BCUT2D eigenvalue weighted by Gasteiger charge is 2.50. The number of fused-ring (bicyclic) bond motifs is 3. The van der Waals surface area contributed by atoms with Crippen LogP contribution >= 0.6 is 0 Å². The van der Waals surface area contributed by atoms with Crippen molar-refractivity contribution in [1.82, 2.24) is 0 Å². The molecular weight excluding hydrogens is 354 g/mol. The van der Waals surface area contributed by atoms with Crippen LogP contribution in [0, 0.1) is 5.92 Å². The highest BCUT2D eigenvalue weighted by Crippen LogP contribution is 2.56. The molecule has 5 nitrogen and oxygen atoms in total. The van der Waals surface area contributed by atoms with Crippen LogP contribution in [0.2, 0.25) is 0 Å². The van der Waals surface area contributed by atoms with Crippen molar-refractivity contribution in [2.45, 2.75) is 101 Å². The van der Waals surface area contributed by atoms with Gasteiger partial charge in [-0.05, 0) is 58.8 Å². The van der Waals surface area contributed by atoms with Crippen LogP contribution in [0.3, 0.4) is 0 Å². The number of phenols is 1. The number of aliphatic hydroxyl groups is 1. The van der Waals surface area contributed by atoms with Gasteiger partial charge in [0.1, 0.15) is 17.1 Å². The van der Waals surface area contributed by atoms with Crippen molar-refractivity contribution >= 4 is 5.69 Å². The Morgan fingerprint density at radius 1 is 1.00 bits per heavy atom. The smallest absolute Gasteiger partial charge is 0.129 e. The van der Waals surface area contributed by atoms with Gasteiger partial charge in [-0.15, -0.1) is 0 Å². The lowest BCUT2D eigenvalue weighted by Crippen LogP contribution is -2.62. The van der Waals surface area contributed by atoms with Crippen LogP contribution in [-0.2, 0) is 4.74 Å². The van der Waals surface area contributed by atoms with Gasteiger partial charge in [0.25, 0.3) is 0 Å². The van der Waals surface area contributed by atoms with Crippen LogP contribution in [0.4, 0.5) is 5.69 Å². The van der Waals surface area contributed by atoms with Crippen LogP contribution in [0.1, 0.15) is 70.3 Å². The SMILES string of the molecule is CC1(C)Oc2cc(N3C4CC5CC3CC(C4)O5)cc(O)c2[C@@H]2C[C@@H](O)CC[C@H]21. The number of aromatic hydroxyl groups is 1. The van der Waals surface area contributed by atoms with Gasteiger partial charge in [-0.1, -0.05) is 0 Å². The molecule has 0 spiro atoms. The molecule has 0 unspecified atom stereocenters. The predicted octanol–water partition coefficient (Wildman–Crippen LogP) is 3.71. The van der Waals surface area contributed by atoms with E-state index in [1.54, 1.807) is 0 Å². The van der Waals surface area contributed by atoms with Crippen molar-refractivity contribution in [3.8, 4) is 11.5 Å². The number of hydrogen-bond acceptors (Lipinski definition) is 5. The van der Waals surface area contributed by atoms with Gasteiger partial charge >= 0.3 is 0 Å². The third-order valence-corrected chi connectivity index (χ3v) is 8.17. The van der Waals surface area contributed by atoms with E-state index in [0.29, 0.717) is 42.4 Å². The predicted molar refractivity (Wildman–Crippen MR) is 106 cm³/mol. The number of piperidine rings is 2. The molecule has 28 heavy (non-hydrogen) atoms. The molecule has 3 atom stereocenters. The fraction of sp³-hybridized carbons (Fsp3) is 0.739. The molecule has 5 heteroatoms. The summed E-state index contributed by atoms with van der Waals surface area (Å²) in [6.07, 6.45) is 7.41. The first-order valence-electron chi connectivity index (χ1n) is 11.1. The Kier molecular flexibility index (Phi) is 3.60. The molecule has 5 aliphatic heterocycles. The molecule has 4 saturated heterocycles. The second kappa shape index (κ2) is 5.79. The molecule has 1 saturated carbocycles. The number of phenolic OH excluding ortho intramolecular Hbond substituents is 1. The quantitative estimate of drug-likeness (QED) is 0.772. The van der Waals surface area contributed by atoms with Crippen molar-refractivity contribution in [2.75, 3.05) is 4.90 Å². The van der Waals surface area contributed by atoms with Crippen molar-refractivity contribution in [1.29, 1.82) is 0 Å². The van der Waals surface area contributed by atoms with Gasteiger partial charge in [-0.2, -0.15) is 0 Å². The molecule has 1 aromatic carbocycles. The van der Waals surface area contributed by atoms with Gasteiger partial charge in [-0.25, -0.2) is 0 Å². The van der Waals surface area contributed by atoms with Crippen molar-refractivity contribution < 1.29 is 19.7 Å². The molecule has 0 radical (unpaired) electrons. The first-order valence-corrected chi connectivity index (χ1v) is 11.1. The molecule has 0 amide bonds. The highest BCUT2D eigenvalue weighted by atomic mass is 16.5. The largest absolute Gasteiger partial charge is 0.507 e. The molecule has 5 fully saturated rings. The zero-order valence-corrected chi connectivity index (χ0v) is 16.8. The number of aliphatic hydroxyl groups excluding tert-OH is 1. The van der Waals surface area contributed by atoms with E-state index < -0.39 is 0 Å². The first-order chi connectivity index (χ1) is 13.4. The lowest BCUT2D eigenvalue weighted by Gasteiger charge is -2.57. The second-order valence-corrected chi connectivity index (χ2v) is 10.3. The van der Waals surface area contributed by atoms with E-state index in [4.69, 9.17) is 9.47 Å². The van der Waals surface area contributed by atoms with Gasteiger partial charge in [0.2, 0.25) is 0 Å². The molecule has 6 aliphatic rings. The van der Waals surface area contributed by atoms with Crippen LogP contribution in [0.5, 0.6) is 11.5 Å². The Morgan fingerprint density at radius 3 is 2.36 bits per heavy atom. The standard InChI is InChI=1S/C23H31NO4/c1-23(2)19-4-3-15(25)11-18(19)22-20(26)9-14(10-21(22)28-23)24-12-5-16-7-13(24)8-17(6-12)27-16/h9-10,12-13,15-19,25-26H,3-8,11H2,1-2H3/t12?,13?,15-,16?,17?,18+,19+/m0/s1. The molecular formula is C23H31NO4. The maximum Gasteiger partial charge on any atom is 0.129 e.